The third-order valence-electron chi connectivity index (χ3n) is 2.03. The minimum absolute atomic E-state index is 0.0731. The number of hydrogen-bond acceptors (Lipinski definition) is 4. The normalized spacial score (nSPS) is 11.2. The topological polar surface area (TPSA) is 80.6 Å². The molecule has 2 amide bonds. The lowest BCUT2D eigenvalue weighted by atomic mass is 10.3. The number of carbonyl (C=O) groups is 2. The Morgan fingerprint density at radius 3 is 2.70 bits per heavy atom. The van der Waals surface area contributed by atoms with Gasteiger partial charge in [0.25, 0.3) is 5.91 Å². The third-order valence-corrected chi connectivity index (χ3v) is 2.03. The lowest BCUT2D eigenvalue weighted by Gasteiger charge is -2.08. The van der Waals surface area contributed by atoms with Crippen LogP contribution in [0.4, 0.5) is 13.2 Å². The average Bonchev–Trinajstić information content (AvgIpc) is 2.86. The van der Waals surface area contributed by atoms with Gasteiger partial charge in [-0.2, -0.15) is 13.2 Å². The first-order valence-corrected chi connectivity index (χ1v) is 5.67. The lowest BCUT2D eigenvalue weighted by Crippen LogP contribution is -2.30. The molecule has 112 valence electrons. The van der Waals surface area contributed by atoms with E-state index in [4.69, 9.17) is 4.42 Å². The number of alkyl halides is 3. The van der Waals surface area contributed by atoms with E-state index in [9.17, 15) is 22.8 Å². The average molecular weight is 294 g/mol. The van der Waals surface area contributed by atoms with Crippen LogP contribution >= 0.6 is 0 Å². The molecule has 0 aliphatic rings. The number of furan rings is 1. The van der Waals surface area contributed by atoms with Crippen molar-refractivity contribution in [3.63, 3.8) is 0 Å². The molecule has 0 aliphatic carbocycles. The standard InChI is InChI=1S/C11H13F3N2O4/c12-11(13,14)7-20-16-9(17)4-1-5-15-10(18)8-3-2-6-19-8/h2-3,6H,1,4-5,7H2,(H,15,18)(H,16,17). The van der Waals surface area contributed by atoms with Crippen molar-refractivity contribution in [3.8, 4) is 0 Å². The molecule has 0 unspecified atom stereocenters. The second-order valence-electron chi connectivity index (χ2n) is 3.77. The molecule has 0 saturated heterocycles. The Hall–Kier alpha value is -2.03. The van der Waals surface area contributed by atoms with Crippen molar-refractivity contribution >= 4 is 11.8 Å². The van der Waals surface area contributed by atoms with Gasteiger partial charge >= 0.3 is 6.18 Å². The molecule has 20 heavy (non-hydrogen) atoms. The van der Waals surface area contributed by atoms with E-state index < -0.39 is 24.6 Å². The van der Waals surface area contributed by atoms with Gasteiger partial charge in [0.2, 0.25) is 5.91 Å². The van der Waals surface area contributed by atoms with Crippen molar-refractivity contribution in [2.75, 3.05) is 13.2 Å². The fraction of sp³-hybridized carbons (Fsp3) is 0.455. The highest BCUT2D eigenvalue weighted by atomic mass is 19.4. The number of rotatable bonds is 7. The van der Waals surface area contributed by atoms with E-state index in [-0.39, 0.29) is 25.1 Å². The maximum absolute atomic E-state index is 11.7. The summed E-state index contributed by atoms with van der Waals surface area (Å²) >= 11 is 0. The van der Waals surface area contributed by atoms with Gasteiger partial charge in [0.05, 0.1) is 6.26 Å². The van der Waals surface area contributed by atoms with Crippen LogP contribution < -0.4 is 10.8 Å². The van der Waals surface area contributed by atoms with Gasteiger partial charge in [-0.25, -0.2) is 5.48 Å². The molecule has 6 nitrogen and oxygen atoms in total. The van der Waals surface area contributed by atoms with E-state index in [2.05, 4.69) is 10.2 Å². The van der Waals surface area contributed by atoms with Gasteiger partial charge in [-0.15, -0.1) is 0 Å². The van der Waals surface area contributed by atoms with E-state index in [1.807, 2.05) is 0 Å². The fourth-order valence-corrected chi connectivity index (χ4v) is 1.20. The molecule has 0 atom stereocenters. The minimum atomic E-state index is -4.50. The van der Waals surface area contributed by atoms with Gasteiger partial charge < -0.3 is 9.73 Å². The molecule has 0 saturated carbocycles. The van der Waals surface area contributed by atoms with Gasteiger partial charge in [-0.05, 0) is 18.6 Å². The number of nitrogens with one attached hydrogen (secondary N) is 2. The van der Waals surface area contributed by atoms with Gasteiger partial charge in [0.15, 0.2) is 12.4 Å². The molecule has 0 aromatic carbocycles. The summed E-state index contributed by atoms with van der Waals surface area (Å²) in [6.07, 6.45) is -2.96. The smallest absolute Gasteiger partial charge is 0.414 e. The third kappa shape index (κ3) is 6.78. The Balaban J connectivity index is 2.06. The zero-order chi connectivity index (χ0) is 15.0. The van der Waals surface area contributed by atoms with Crippen LogP contribution in [0.5, 0.6) is 0 Å². The summed E-state index contributed by atoms with van der Waals surface area (Å²) in [7, 11) is 0. The first-order chi connectivity index (χ1) is 9.38. The molecule has 0 aliphatic heterocycles. The van der Waals surface area contributed by atoms with Crippen molar-refractivity contribution in [1.82, 2.24) is 10.8 Å². The first-order valence-electron chi connectivity index (χ1n) is 5.67. The Morgan fingerprint density at radius 2 is 2.10 bits per heavy atom. The maximum Gasteiger partial charge on any atom is 0.414 e. The molecule has 1 aromatic rings. The predicted molar refractivity (Wildman–Crippen MR) is 60.4 cm³/mol. The summed E-state index contributed by atoms with van der Waals surface area (Å²) < 4.78 is 40.0. The highest BCUT2D eigenvalue weighted by Gasteiger charge is 2.28. The quantitative estimate of drug-likeness (QED) is 0.588. The van der Waals surface area contributed by atoms with Gasteiger partial charge in [0.1, 0.15) is 0 Å². The molecule has 0 fully saturated rings. The molecule has 0 radical (unpaired) electrons. The van der Waals surface area contributed by atoms with Crippen LogP contribution in [0.2, 0.25) is 0 Å². The fourth-order valence-electron chi connectivity index (χ4n) is 1.20. The SMILES string of the molecule is O=C(CCCNC(=O)c1ccco1)NOCC(F)(F)F. The highest BCUT2D eigenvalue weighted by Crippen LogP contribution is 2.13. The summed E-state index contributed by atoms with van der Waals surface area (Å²) in [5, 5.41) is 2.49. The van der Waals surface area contributed by atoms with E-state index in [0.717, 1.165) is 0 Å². The molecule has 9 heteroatoms. The van der Waals surface area contributed by atoms with Crippen LogP contribution in [0.1, 0.15) is 23.4 Å². The van der Waals surface area contributed by atoms with E-state index in [1.54, 1.807) is 11.5 Å². The van der Waals surface area contributed by atoms with Crippen molar-refractivity contribution < 1.29 is 32.0 Å². The van der Waals surface area contributed by atoms with Crippen molar-refractivity contribution in [2.24, 2.45) is 0 Å². The summed E-state index contributed by atoms with van der Waals surface area (Å²) in [6, 6.07) is 3.04. The van der Waals surface area contributed by atoms with E-state index >= 15 is 0 Å². The van der Waals surface area contributed by atoms with Crippen LogP contribution in [0.3, 0.4) is 0 Å². The summed E-state index contributed by atoms with van der Waals surface area (Å²) in [4.78, 5) is 26.4. The summed E-state index contributed by atoms with van der Waals surface area (Å²) in [6.45, 7) is -1.36. The maximum atomic E-state index is 11.7. The summed E-state index contributed by atoms with van der Waals surface area (Å²) in [5.74, 6) is -0.979. The zero-order valence-corrected chi connectivity index (χ0v) is 10.3. The number of carbonyl (C=O) groups excluding carboxylic acids is 2. The molecule has 1 aromatic heterocycles. The van der Waals surface area contributed by atoms with E-state index in [0.29, 0.717) is 0 Å². The lowest BCUT2D eigenvalue weighted by molar-refractivity contribution is -0.191. The predicted octanol–water partition coefficient (Wildman–Crippen LogP) is 1.40. The largest absolute Gasteiger partial charge is 0.459 e. The van der Waals surface area contributed by atoms with Crippen molar-refractivity contribution in [3.05, 3.63) is 24.2 Å². The molecular formula is C11H13F3N2O4. The van der Waals surface area contributed by atoms with Gasteiger partial charge in [-0.3, -0.25) is 14.4 Å². The molecular weight excluding hydrogens is 281 g/mol. The highest BCUT2D eigenvalue weighted by molar-refractivity contribution is 5.91. The van der Waals surface area contributed by atoms with Gasteiger partial charge in [0, 0.05) is 13.0 Å². The molecule has 0 bridgehead atoms. The molecule has 0 spiro atoms. The van der Waals surface area contributed by atoms with E-state index in [1.165, 1.54) is 12.3 Å². The first kappa shape index (κ1) is 16.0. The number of hydroxylamine groups is 1. The Bertz CT molecular complexity index is 431. The second kappa shape index (κ2) is 7.53. The molecule has 2 N–H and O–H groups in total. The summed E-state index contributed by atoms with van der Waals surface area (Å²) in [5.41, 5.74) is 1.66. The number of hydrogen-bond donors (Lipinski definition) is 2. The van der Waals surface area contributed by atoms with Crippen molar-refractivity contribution in [2.45, 2.75) is 19.0 Å². The van der Waals surface area contributed by atoms with Crippen LogP contribution in [0.25, 0.3) is 0 Å². The van der Waals surface area contributed by atoms with Crippen LogP contribution in [-0.4, -0.2) is 31.1 Å². The second-order valence-corrected chi connectivity index (χ2v) is 3.77. The van der Waals surface area contributed by atoms with Gasteiger partial charge in [-0.1, -0.05) is 0 Å². The van der Waals surface area contributed by atoms with Crippen LogP contribution in [0, 0.1) is 0 Å². The number of amides is 2. The number of halogens is 3. The van der Waals surface area contributed by atoms with Crippen LogP contribution in [0.15, 0.2) is 22.8 Å². The zero-order valence-electron chi connectivity index (χ0n) is 10.3. The minimum Gasteiger partial charge on any atom is -0.459 e. The Morgan fingerprint density at radius 1 is 1.35 bits per heavy atom. The molecule has 1 rings (SSSR count). The Labute approximate surface area is 112 Å². The Kier molecular flexibility index (Phi) is 6.04. The molecule has 1 heterocycles. The van der Waals surface area contributed by atoms with Crippen molar-refractivity contribution in [1.29, 1.82) is 0 Å². The van der Waals surface area contributed by atoms with Crippen LogP contribution in [-0.2, 0) is 9.63 Å². The monoisotopic (exact) mass is 294 g/mol.